The lowest BCUT2D eigenvalue weighted by molar-refractivity contribution is 0.249. The third-order valence-electron chi connectivity index (χ3n) is 3.57. The number of rotatable bonds is 4. The summed E-state index contributed by atoms with van der Waals surface area (Å²) in [6.07, 6.45) is 4.84. The number of hydrogen-bond donors (Lipinski definition) is 1. The fraction of sp³-hybridized carbons (Fsp3) is 0.600. The summed E-state index contributed by atoms with van der Waals surface area (Å²) in [5.74, 6) is 0.969. The molecule has 1 aliphatic rings. The van der Waals surface area contributed by atoms with Crippen LogP contribution in [0.3, 0.4) is 0 Å². The van der Waals surface area contributed by atoms with Crippen molar-refractivity contribution in [3.05, 3.63) is 34.9 Å². The minimum atomic E-state index is 0.275. The SMILES string of the molecule is CC(C)CC(CO)c1ccc2c(c1)CCC2. The molecule has 0 spiro atoms. The van der Waals surface area contributed by atoms with Gasteiger partial charge in [0.05, 0.1) is 0 Å². The third kappa shape index (κ3) is 2.46. The molecule has 0 saturated carbocycles. The maximum Gasteiger partial charge on any atom is 0.0499 e. The summed E-state index contributed by atoms with van der Waals surface area (Å²) in [4.78, 5) is 0. The zero-order valence-corrected chi connectivity index (χ0v) is 10.4. The number of aryl methyl sites for hydroxylation is 2. The van der Waals surface area contributed by atoms with Crippen LogP contribution in [0.5, 0.6) is 0 Å². The van der Waals surface area contributed by atoms with Gasteiger partial charge in [0.1, 0.15) is 0 Å². The van der Waals surface area contributed by atoms with E-state index >= 15 is 0 Å². The van der Waals surface area contributed by atoms with Crippen LogP contribution in [-0.2, 0) is 12.8 Å². The molecule has 0 amide bonds. The van der Waals surface area contributed by atoms with Crippen molar-refractivity contribution in [3.63, 3.8) is 0 Å². The Labute approximate surface area is 98.5 Å². The van der Waals surface area contributed by atoms with Crippen LogP contribution in [0.15, 0.2) is 18.2 Å². The van der Waals surface area contributed by atoms with Gasteiger partial charge < -0.3 is 5.11 Å². The second-order valence-electron chi connectivity index (χ2n) is 5.39. The van der Waals surface area contributed by atoms with Crippen molar-refractivity contribution in [3.8, 4) is 0 Å². The van der Waals surface area contributed by atoms with Crippen LogP contribution in [0.2, 0.25) is 0 Å². The molecule has 0 aliphatic heterocycles. The summed E-state index contributed by atoms with van der Waals surface area (Å²) in [5, 5.41) is 9.48. The van der Waals surface area contributed by atoms with Gasteiger partial charge in [-0.2, -0.15) is 0 Å². The lowest BCUT2D eigenvalue weighted by atomic mass is 9.89. The van der Waals surface area contributed by atoms with Crippen LogP contribution in [0.25, 0.3) is 0 Å². The average molecular weight is 218 g/mol. The van der Waals surface area contributed by atoms with Gasteiger partial charge in [-0.1, -0.05) is 32.0 Å². The van der Waals surface area contributed by atoms with Crippen molar-refractivity contribution < 1.29 is 5.11 Å². The Morgan fingerprint density at radius 2 is 1.94 bits per heavy atom. The van der Waals surface area contributed by atoms with E-state index in [-0.39, 0.29) is 6.61 Å². The van der Waals surface area contributed by atoms with Gasteiger partial charge in [-0.05, 0) is 48.3 Å². The summed E-state index contributed by atoms with van der Waals surface area (Å²) in [6.45, 7) is 4.71. The Bertz CT molecular complexity index is 354. The monoisotopic (exact) mass is 218 g/mol. The smallest absolute Gasteiger partial charge is 0.0499 e. The molecule has 0 aromatic heterocycles. The molecule has 1 atom stereocenters. The lowest BCUT2D eigenvalue weighted by Gasteiger charge is -2.18. The number of fused-ring (bicyclic) bond motifs is 1. The highest BCUT2D eigenvalue weighted by Gasteiger charge is 2.16. The Morgan fingerprint density at radius 1 is 1.19 bits per heavy atom. The van der Waals surface area contributed by atoms with E-state index in [1.165, 1.54) is 36.0 Å². The summed E-state index contributed by atoms with van der Waals surface area (Å²) < 4.78 is 0. The Hall–Kier alpha value is -0.820. The van der Waals surface area contributed by atoms with Crippen molar-refractivity contribution >= 4 is 0 Å². The predicted octanol–water partition coefficient (Wildman–Crippen LogP) is 3.30. The fourth-order valence-corrected chi connectivity index (χ4v) is 2.73. The molecule has 0 radical (unpaired) electrons. The molecule has 0 fully saturated rings. The largest absolute Gasteiger partial charge is 0.396 e. The van der Waals surface area contributed by atoms with Gasteiger partial charge in [0.25, 0.3) is 0 Å². The first kappa shape index (κ1) is 11.7. The van der Waals surface area contributed by atoms with E-state index in [0.717, 1.165) is 6.42 Å². The highest BCUT2D eigenvalue weighted by molar-refractivity contribution is 5.36. The maximum absolute atomic E-state index is 9.48. The molecular weight excluding hydrogens is 196 g/mol. The van der Waals surface area contributed by atoms with E-state index in [1.807, 2.05) is 0 Å². The van der Waals surface area contributed by atoms with Gasteiger partial charge in [0, 0.05) is 12.5 Å². The first-order valence-corrected chi connectivity index (χ1v) is 6.43. The minimum absolute atomic E-state index is 0.275. The number of aliphatic hydroxyl groups excluding tert-OH is 1. The predicted molar refractivity (Wildman–Crippen MR) is 67.7 cm³/mol. The fourth-order valence-electron chi connectivity index (χ4n) is 2.73. The molecule has 2 rings (SSSR count). The highest BCUT2D eigenvalue weighted by atomic mass is 16.3. The van der Waals surface area contributed by atoms with Crippen LogP contribution < -0.4 is 0 Å². The molecule has 1 unspecified atom stereocenters. The molecule has 1 aliphatic carbocycles. The molecule has 0 heterocycles. The Balaban J connectivity index is 2.18. The van der Waals surface area contributed by atoms with Crippen LogP contribution >= 0.6 is 0 Å². The summed E-state index contributed by atoms with van der Waals surface area (Å²) in [5.41, 5.74) is 4.36. The van der Waals surface area contributed by atoms with E-state index in [1.54, 1.807) is 0 Å². The molecule has 0 bridgehead atoms. The van der Waals surface area contributed by atoms with Gasteiger partial charge in [-0.15, -0.1) is 0 Å². The summed E-state index contributed by atoms with van der Waals surface area (Å²) >= 11 is 0. The quantitative estimate of drug-likeness (QED) is 0.822. The molecule has 1 N–H and O–H groups in total. The van der Waals surface area contributed by atoms with Gasteiger partial charge in [-0.25, -0.2) is 0 Å². The van der Waals surface area contributed by atoms with Crippen LogP contribution in [0, 0.1) is 5.92 Å². The molecule has 1 aromatic carbocycles. The van der Waals surface area contributed by atoms with Gasteiger partial charge in [-0.3, -0.25) is 0 Å². The second-order valence-corrected chi connectivity index (χ2v) is 5.39. The second kappa shape index (κ2) is 5.01. The van der Waals surface area contributed by atoms with E-state index in [0.29, 0.717) is 11.8 Å². The molecular formula is C15H22O. The van der Waals surface area contributed by atoms with E-state index < -0.39 is 0 Å². The normalized spacial score (nSPS) is 16.5. The lowest BCUT2D eigenvalue weighted by Crippen LogP contribution is -2.08. The molecule has 16 heavy (non-hydrogen) atoms. The standard InChI is InChI=1S/C15H22O/c1-11(2)8-15(10-16)14-7-6-12-4-3-5-13(12)9-14/h6-7,9,11,15-16H,3-5,8,10H2,1-2H3. The summed E-state index contributed by atoms with van der Waals surface area (Å²) in [7, 11) is 0. The zero-order valence-electron chi connectivity index (χ0n) is 10.4. The zero-order chi connectivity index (χ0) is 11.5. The first-order valence-electron chi connectivity index (χ1n) is 6.43. The molecule has 0 saturated heterocycles. The average Bonchev–Trinajstić information content (AvgIpc) is 2.72. The number of aliphatic hydroxyl groups is 1. The van der Waals surface area contributed by atoms with Crippen molar-refractivity contribution in [2.45, 2.75) is 45.4 Å². The van der Waals surface area contributed by atoms with Crippen LogP contribution in [0.4, 0.5) is 0 Å². The van der Waals surface area contributed by atoms with E-state index in [9.17, 15) is 5.11 Å². The van der Waals surface area contributed by atoms with Crippen molar-refractivity contribution in [1.82, 2.24) is 0 Å². The Morgan fingerprint density at radius 3 is 2.62 bits per heavy atom. The van der Waals surface area contributed by atoms with E-state index in [2.05, 4.69) is 32.0 Å². The highest BCUT2D eigenvalue weighted by Crippen LogP contribution is 2.29. The molecule has 1 aromatic rings. The molecule has 1 nitrogen and oxygen atoms in total. The van der Waals surface area contributed by atoms with Crippen molar-refractivity contribution in [2.75, 3.05) is 6.61 Å². The number of hydrogen-bond acceptors (Lipinski definition) is 1. The minimum Gasteiger partial charge on any atom is -0.396 e. The Kier molecular flexibility index (Phi) is 3.65. The van der Waals surface area contributed by atoms with Crippen molar-refractivity contribution in [1.29, 1.82) is 0 Å². The van der Waals surface area contributed by atoms with Crippen LogP contribution in [-0.4, -0.2) is 11.7 Å². The van der Waals surface area contributed by atoms with Gasteiger partial charge >= 0.3 is 0 Å². The van der Waals surface area contributed by atoms with Gasteiger partial charge in [0.15, 0.2) is 0 Å². The molecule has 1 heteroatoms. The summed E-state index contributed by atoms with van der Waals surface area (Å²) in [6, 6.07) is 6.81. The molecule has 88 valence electrons. The maximum atomic E-state index is 9.48. The van der Waals surface area contributed by atoms with E-state index in [4.69, 9.17) is 0 Å². The topological polar surface area (TPSA) is 20.2 Å². The number of benzene rings is 1. The first-order chi connectivity index (χ1) is 7.70. The third-order valence-corrected chi connectivity index (χ3v) is 3.57. The van der Waals surface area contributed by atoms with Gasteiger partial charge in [0.2, 0.25) is 0 Å². The van der Waals surface area contributed by atoms with Crippen molar-refractivity contribution in [2.24, 2.45) is 5.92 Å². The van der Waals surface area contributed by atoms with Crippen LogP contribution in [0.1, 0.15) is 49.3 Å².